The summed E-state index contributed by atoms with van der Waals surface area (Å²) in [7, 11) is 2.13. The van der Waals surface area contributed by atoms with E-state index in [1.165, 1.54) is 5.39 Å². The van der Waals surface area contributed by atoms with Crippen LogP contribution < -0.4 is 0 Å². The van der Waals surface area contributed by atoms with Gasteiger partial charge in [0.15, 0.2) is 0 Å². The Labute approximate surface area is 107 Å². The van der Waals surface area contributed by atoms with Gasteiger partial charge in [-0.05, 0) is 62.0 Å². The largest absolute Gasteiger partial charge is 0.385 e. The van der Waals surface area contributed by atoms with Gasteiger partial charge in [-0.15, -0.1) is 0 Å². The maximum absolute atomic E-state index is 10.9. The van der Waals surface area contributed by atoms with Crippen LogP contribution in [0.5, 0.6) is 0 Å². The number of aliphatic hydroxyl groups is 1. The fourth-order valence-electron chi connectivity index (χ4n) is 2.89. The summed E-state index contributed by atoms with van der Waals surface area (Å²) in [4.78, 5) is 5.49. The molecule has 1 aromatic carbocycles. The third kappa shape index (κ3) is 2.04. The van der Waals surface area contributed by atoms with E-state index < -0.39 is 5.60 Å². The van der Waals surface area contributed by atoms with Crippen molar-refractivity contribution >= 4 is 10.9 Å². The summed E-state index contributed by atoms with van der Waals surface area (Å²) < 4.78 is 0. The van der Waals surface area contributed by atoms with E-state index in [1.807, 2.05) is 6.20 Å². The third-order valence-corrected chi connectivity index (χ3v) is 4.13. The molecule has 0 amide bonds. The number of aromatic amines is 1. The molecule has 2 heterocycles. The predicted molar refractivity (Wildman–Crippen MR) is 73.5 cm³/mol. The average Bonchev–Trinajstić information content (AvgIpc) is 2.76. The average molecular weight is 244 g/mol. The minimum absolute atomic E-state index is 0.657. The number of H-pyrrole nitrogens is 1. The van der Waals surface area contributed by atoms with Crippen LogP contribution in [0.2, 0.25) is 0 Å². The van der Waals surface area contributed by atoms with Crippen molar-refractivity contribution in [2.75, 3.05) is 20.1 Å². The van der Waals surface area contributed by atoms with Crippen molar-refractivity contribution in [3.63, 3.8) is 0 Å². The zero-order valence-electron chi connectivity index (χ0n) is 10.8. The molecular formula is C15H20N2O. The zero-order chi connectivity index (χ0) is 12.6. The summed E-state index contributed by atoms with van der Waals surface area (Å²) in [5.74, 6) is 0. The molecule has 0 radical (unpaired) electrons. The summed E-state index contributed by atoms with van der Waals surface area (Å²) in [6.45, 7) is 2.04. The second-order valence-corrected chi connectivity index (χ2v) is 5.47. The van der Waals surface area contributed by atoms with Crippen LogP contribution in [0, 0.1) is 0 Å². The highest BCUT2D eigenvalue weighted by molar-refractivity contribution is 5.80. The Morgan fingerprint density at radius 2 is 2.11 bits per heavy atom. The molecule has 18 heavy (non-hydrogen) atoms. The van der Waals surface area contributed by atoms with Crippen LogP contribution in [0.4, 0.5) is 0 Å². The Hall–Kier alpha value is -1.32. The van der Waals surface area contributed by atoms with E-state index in [9.17, 15) is 5.11 Å². The number of nitrogens with one attached hydrogen (secondary N) is 1. The number of likely N-dealkylation sites (tertiary alicyclic amines) is 1. The van der Waals surface area contributed by atoms with Crippen molar-refractivity contribution < 1.29 is 5.11 Å². The van der Waals surface area contributed by atoms with Crippen LogP contribution in [0.1, 0.15) is 24.8 Å². The van der Waals surface area contributed by atoms with Crippen molar-refractivity contribution in [2.45, 2.75) is 24.9 Å². The standard InChI is InChI=1S/C15H20N2O/c1-17-9-2-6-15(18,7-10-17)13-3-4-14-12(11-13)5-8-16-14/h3-5,8,11,16,18H,2,6-7,9-10H2,1H3. The summed E-state index contributed by atoms with van der Waals surface area (Å²) in [6.07, 6.45) is 4.67. The lowest BCUT2D eigenvalue weighted by Gasteiger charge is -2.27. The SMILES string of the molecule is CN1CCCC(O)(c2ccc3[nH]ccc3c2)CC1. The molecule has 0 saturated carbocycles. The second kappa shape index (κ2) is 4.41. The molecule has 3 rings (SSSR count). The van der Waals surface area contributed by atoms with Crippen molar-refractivity contribution in [1.29, 1.82) is 0 Å². The van der Waals surface area contributed by atoms with Gasteiger partial charge in [0, 0.05) is 18.3 Å². The van der Waals surface area contributed by atoms with E-state index in [0.29, 0.717) is 0 Å². The molecule has 1 unspecified atom stereocenters. The Morgan fingerprint density at radius 1 is 1.22 bits per heavy atom. The Kier molecular flexibility index (Phi) is 2.88. The quantitative estimate of drug-likeness (QED) is 0.809. The molecule has 1 aliphatic rings. The van der Waals surface area contributed by atoms with Crippen molar-refractivity contribution in [3.05, 3.63) is 36.0 Å². The molecule has 1 aliphatic heterocycles. The molecule has 1 atom stereocenters. The summed E-state index contributed by atoms with van der Waals surface area (Å²) >= 11 is 0. The number of hydrogen-bond acceptors (Lipinski definition) is 2. The minimum Gasteiger partial charge on any atom is -0.385 e. The van der Waals surface area contributed by atoms with E-state index in [4.69, 9.17) is 0 Å². The van der Waals surface area contributed by atoms with Gasteiger partial charge in [0.05, 0.1) is 5.60 Å². The molecule has 3 nitrogen and oxygen atoms in total. The van der Waals surface area contributed by atoms with Gasteiger partial charge in [0.2, 0.25) is 0 Å². The van der Waals surface area contributed by atoms with Crippen molar-refractivity contribution in [1.82, 2.24) is 9.88 Å². The Balaban J connectivity index is 1.95. The van der Waals surface area contributed by atoms with Gasteiger partial charge in [0.25, 0.3) is 0 Å². The first-order chi connectivity index (χ1) is 8.67. The van der Waals surface area contributed by atoms with E-state index >= 15 is 0 Å². The van der Waals surface area contributed by atoms with E-state index in [1.54, 1.807) is 0 Å². The van der Waals surface area contributed by atoms with Crippen molar-refractivity contribution in [3.8, 4) is 0 Å². The maximum atomic E-state index is 10.9. The molecule has 2 aromatic rings. The Bertz CT molecular complexity index is 548. The van der Waals surface area contributed by atoms with Gasteiger partial charge in [-0.2, -0.15) is 0 Å². The lowest BCUT2D eigenvalue weighted by Crippen LogP contribution is -2.27. The highest BCUT2D eigenvalue weighted by Crippen LogP contribution is 2.33. The van der Waals surface area contributed by atoms with E-state index in [0.717, 1.165) is 43.4 Å². The molecule has 0 bridgehead atoms. The normalized spacial score (nSPS) is 26.3. The van der Waals surface area contributed by atoms with Gasteiger partial charge >= 0.3 is 0 Å². The molecule has 96 valence electrons. The van der Waals surface area contributed by atoms with Gasteiger partial charge < -0.3 is 15.0 Å². The topological polar surface area (TPSA) is 39.3 Å². The fraction of sp³-hybridized carbons (Fsp3) is 0.467. The molecular weight excluding hydrogens is 224 g/mol. The van der Waals surface area contributed by atoms with Gasteiger partial charge in [0.1, 0.15) is 0 Å². The van der Waals surface area contributed by atoms with Crippen LogP contribution in [-0.4, -0.2) is 35.1 Å². The van der Waals surface area contributed by atoms with Gasteiger partial charge in [-0.25, -0.2) is 0 Å². The summed E-state index contributed by atoms with van der Waals surface area (Å²) in [5.41, 5.74) is 1.54. The minimum atomic E-state index is -0.657. The second-order valence-electron chi connectivity index (χ2n) is 5.47. The number of benzene rings is 1. The zero-order valence-corrected chi connectivity index (χ0v) is 10.8. The number of aromatic nitrogens is 1. The first-order valence-electron chi connectivity index (χ1n) is 6.66. The number of fused-ring (bicyclic) bond motifs is 1. The highest BCUT2D eigenvalue weighted by Gasteiger charge is 2.31. The lowest BCUT2D eigenvalue weighted by molar-refractivity contribution is 0.0220. The molecule has 0 spiro atoms. The molecule has 1 aromatic heterocycles. The molecule has 2 N–H and O–H groups in total. The van der Waals surface area contributed by atoms with Crippen LogP contribution in [0.3, 0.4) is 0 Å². The van der Waals surface area contributed by atoms with Crippen LogP contribution >= 0.6 is 0 Å². The predicted octanol–water partition coefficient (Wildman–Crippen LogP) is 2.47. The summed E-state index contributed by atoms with van der Waals surface area (Å²) in [6, 6.07) is 8.31. The van der Waals surface area contributed by atoms with Gasteiger partial charge in [-0.1, -0.05) is 6.07 Å². The number of rotatable bonds is 1. The van der Waals surface area contributed by atoms with Crippen LogP contribution in [0.25, 0.3) is 10.9 Å². The first kappa shape index (κ1) is 11.8. The van der Waals surface area contributed by atoms with Crippen LogP contribution in [0.15, 0.2) is 30.5 Å². The highest BCUT2D eigenvalue weighted by atomic mass is 16.3. The fourth-order valence-corrected chi connectivity index (χ4v) is 2.89. The third-order valence-electron chi connectivity index (χ3n) is 4.13. The van der Waals surface area contributed by atoms with Crippen molar-refractivity contribution in [2.24, 2.45) is 0 Å². The molecule has 1 saturated heterocycles. The Morgan fingerprint density at radius 3 is 3.00 bits per heavy atom. The number of nitrogens with zero attached hydrogens (tertiary/aromatic N) is 1. The monoisotopic (exact) mass is 244 g/mol. The first-order valence-corrected chi connectivity index (χ1v) is 6.66. The van der Waals surface area contributed by atoms with E-state index in [-0.39, 0.29) is 0 Å². The van der Waals surface area contributed by atoms with E-state index in [2.05, 4.69) is 41.2 Å². The summed E-state index contributed by atoms with van der Waals surface area (Å²) in [5, 5.41) is 12.1. The smallest absolute Gasteiger partial charge is 0.0909 e. The number of hydrogen-bond donors (Lipinski definition) is 2. The molecule has 3 heteroatoms. The molecule has 0 aliphatic carbocycles. The molecule has 1 fully saturated rings. The van der Waals surface area contributed by atoms with Crippen LogP contribution in [-0.2, 0) is 5.60 Å². The lowest BCUT2D eigenvalue weighted by atomic mass is 9.86. The van der Waals surface area contributed by atoms with Gasteiger partial charge in [-0.3, -0.25) is 0 Å². The maximum Gasteiger partial charge on any atom is 0.0909 e.